The van der Waals surface area contributed by atoms with Crippen LogP contribution in [0.15, 0.2) is 24.3 Å². The van der Waals surface area contributed by atoms with E-state index >= 15 is 0 Å². The molecule has 0 saturated carbocycles. The molecule has 1 heterocycles. The van der Waals surface area contributed by atoms with Crippen LogP contribution in [0.5, 0.6) is 0 Å². The first-order valence-electron chi connectivity index (χ1n) is 5.87. The summed E-state index contributed by atoms with van der Waals surface area (Å²) in [5.41, 5.74) is 3.04. The molecule has 0 atom stereocenters. The minimum Gasteiger partial charge on any atom is -0.477 e. The summed E-state index contributed by atoms with van der Waals surface area (Å²) in [5, 5.41) is 9.91. The van der Waals surface area contributed by atoms with Gasteiger partial charge in [0, 0.05) is 6.42 Å². The van der Waals surface area contributed by atoms with Gasteiger partial charge in [-0.3, -0.25) is 0 Å². The van der Waals surface area contributed by atoms with E-state index in [1.165, 1.54) is 16.9 Å². The molecule has 1 aromatic heterocycles. The molecule has 0 aliphatic carbocycles. The van der Waals surface area contributed by atoms with Gasteiger partial charge in [-0.1, -0.05) is 31.2 Å². The van der Waals surface area contributed by atoms with Crippen molar-refractivity contribution in [3.8, 4) is 0 Å². The lowest BCUT2D eigenvalue weighted by Gasteiger charge is -2.02. The SMILES string of the molecule is CCc1ccc(Cc2nc(C)sc2C(=O)O)cc1. The summed E-state index contributed by atoms with van der Waals surface area (Å²) in [6.45, 7) is 3.95. The molecule has 0 radical (unpaired) electrons. The highest BCUT2D eigenvalue weighted by atomic mass is 32.1. The molecule has 0 aliphatic heterocycles. The van der Waals surface area contributed by atoms with Crippen LogP contribution in [0.2, 0.25) is 0 Å². The summed E-state index contributed by atoms with van der Waals surface area (Å²) >= 11 is 1.24. The number of hydrogen-bond acceptors (Lipinski definition) is 3. The van der Waals surface area contributed by atoms with Gasteiger partial charge in [-0.2, -0.15) is 0 Å². The Morgan fingerprint density at radius 3 is 2.44 bits per heavy atom. The molecule has 0 bridgehead atoms. The molecule has 4 heteroatoms. The topological polar surface area (TPSA) is 50.2 Å². The fourth-order valence-corrected chi connectivity index (χ4v) is 2.62. The largest absolute Gasteiger partial charge is 0.477 e. The first kappa shape index (κ1) is 12.8. The molecule has 0 amide bonds. The summed E-state index contributed by atoms with van der Waals surface area (Å²) in [5.74, 6) is -0.888. The van der Waals surface area contributed by atoms with Gasteiger partial charge in [0.25, 0.3) is 0 Å². The van der Waals surface area contributed by atoms with Crippen molar-refractivity contribution in [3.63, 3.8) is 0 Å². The first-order chi connectivity index (χ1) is 8.60. The summed E-state index contributed by atoms with van der Waals surface area (Å²) < 4.78 is 0. The Kier molecular flexibility index (Phi) is 3.77. The fourth-order valence-electron chi connectivity index (χ4n) is 1.84. The van der Waals surface area contributed by atoms with E-state index in [9.17, 15) is 4.79 Å². The minimum absolute atomic E-state index is 0.354. The Hall–Kier alpha value is -1.68. The lowest BCUT2D eigenvalue weighted by atomic mass is 10.1. The van der Waals surface area contributed by atoms with Crippen LogP contribution in [0.1, 0.15) is 38.4 Å². The van der Waals surface area contributed by atoms with Crippen molar-refractivity contribution < 1.29 is 9.90 Å². The van der Waals surface area contributed by atoms with E-state index in [1.807, 2.05) is 19.1 Å². The zero-order valence-electron chi connectivity index (χ0n) is 10.4. The van der Waals surface area contributed by atoms with E-state index in [2.05, 4.69) is 24.0 Å². The second-order valence-corrected chi connectivity index (χ2v) is 5.36. The van der Waals surface area contributed by atoms with Crippen LogP contribution in [0.25, 0.3) is 0 Å². The highest BCUT2D eigenvalue weighted by Gasteiger charge is 2.15. The molecule has 0 fully saturated rings. The van der Waals surface area contributed by atoms with E-state index in [1.54, 1.807) is 0 Å². The van der Waals surface area contributed by atoms with Crippen LogP contribution in [-0.4, -0.2) is 16.1 Å². The molecule has 18 heavy (non-hydrogen) atoms. The van der Waals surface area contributed by atoms with E-state index in [0.29, 0.717) is 17.0 Å². The first-order valence-corrected chi connectivity index (χ1v) is 6.69. The van der Waals surface area contributed by atoms with Crippen LogP contribution in [0.3, 0.4) is 0 Å². The average Bonchev–Trinajstić information content (AvgIpc) is 2.71. The van der Waals surface area contributed by atoms with E-state index in [-0.39, 0.29) is 0 Å². The molecule has 94 valence electrons. The second kappa shape index (κ2) is 5.31. The van der Waals surface area contributed by atoms with E-state index in [4.69, 9.17) is 5.11 Å². The third-order valence-electron chi connectivity index (χ3n) is 2.80. The maximum absolute atomic E-state index is 11.1. The zero-order valence-corrected chi connectivity index (χ0v) is 11.3. The van der Waals surface area contributed by atoms with Crippen LogP contribution in [-0.2, 0) is 12.8 Å². The number of carbonyl (C=O) groups is 1. The molecule has 1 aromatic carbocycles. The van der Waals surface area contributed by atoms with Gasteiger partial charge in [-0.15, -0.1) is 11.3 Å². The number of carboxylic acid groups (broad SMARTS) is 1. The van der Waals surface area contributed by atoms with Crippen molar-refractivity contribution in [2.24, 2.45) is 0 Å². The standard InChI is InChI=1S/C14H15NO2S/c1-3-10-4-6-11(7-5-10)8-12-13(14(16)17)18-9(2)15-12/h4-7H,3,8H2,1-2H3,(H,16,17). The number of hydrogen-bond donors (Lipinski definition) is 1. The summed E-state index contributed by atoms with van der Waals surface area (Å²) in [6.07, 6.45) is 1.59. The summed E-state index contributed by atoms with van der Waals surface area (Å²) in [4.78, 5) is 15.8. The van der Waals surface area contributed by atoms with Crippen LogP contribution in [0, 0.1) is 6.92 Å². The Labute approximate surface area is 110 Å². The molecule has 0 spiro atoms. The lowest BCUT2D eigenvalue weighted by Crippen LogP contribution is -2.00. The second-order valence-electron chi connectivity index (χ2n) is 4.16. The Balaban J connectivity index is 2.25. The predicted molar refractivity (Wildman–Crippen MR) is 72.4 cm³/mol. The molecule has 2 aromatic rings. The lowest BCUT2D eigenvalue weighted by molar-refractivity contribution is 0.0701. The maximum atomic E-state index is 11.1. The van der Waals surface area contributed by atoms with Crippen LogP contribution in [0.4, 0.5) is 0 Å². The number of aromatic nitrogens is 1. The van der Waals surface area contributed by atoms with Gasteiger partial charge >= 0.3 is 5.97 Å². The highest BCUT2D eigenvalue weighted by molar-refractivity contribution is 7.13. The third-order valence-corrected chi connectivity index (χ3v) is 3.80. The monoisotopic (exact) mass is 261 g/mol. The maximum Gasteiger partial charge on any atom is 0.347 e. The van der Waals surface area contributed by atoms with Crippen molar-refractivity contribution in [1.29, 1.82) is 0 Å². The molecule has 3 nitrogen and oxygen atoms in total. The number of nitrogens with zero attached hydrogens (tertiary/aromatic N) is 1. The number of aromatic carboxylic acids is 1. The molecule has 1 N–H and O–H groups in total. The Morgan fingerprint density at radius 2 is 1.89 bits per heavy atom. The predicted octanol–water partition coefficient (Wildman–Crippen LogP) is 3.30. The summed E-state index contributed by atoms with van der Waals surface area (Å²) in [6, 6.07) is 8.24. The molecular weight excluding hydrogens is 246 g/mol. The van der Waals surface area contributed by atoms with Gasteiger partial charge in [0.2, 0.25) is 0 Å². The van der Waals surface area contributed by atoms with Crippen molar-refractivity contribution in [1.82, 2.24) is 4.98 Å². The van der Waals surface area contributed by atoms with Gasteiger partial charge in [0.05, 0.1) is 10.7 Å². The van der Waals surface area contributed by atoms with Crippen molar-refractivity contribution >= 4 is 17.3 Å². The van der Waals surface area contributed by atoms with Gasteiger partial charge in [0.1, 0.15) is 4.88 Å². The van der Waals surface area contributed by atoms with E-state index in [0.717, 1.165) is 17.0 Å². The average molecular weight is 261 g/mol. The van der Waals surface area contributed by atoms with Crippen molar-refractivity contribution in [3.05, 3.63) is 51.0 Å². The van der Waals surface area contributed by atoms with Crippen LogP contribution < -0.4 is 0 Å². The number of thiazole rings is 1. The Bertz CT molecular complexity index is 558. The van der Waals surface area contributed by atoms with Gasteiger partial charge in [-0.25, -0.2) is 9.78 Å². The number of carboxylic acids is 1. The molecule has 0 aliphatic rings. The minimum atomic E-state index is -0.888. The molecule has 2 rings (SSSR count). The fraction of sp³-hybridized carbons (Fsp3) is 0.286. The highest BCUT2D eigenvalue weighted by Crippen LogP contribution is 2.21. The molecule has 0 unspecified atom stereocenters. The number of aryl methyl sites for hydroxylation is 2. The Morgan fingerprint density at radius 1 is 1.28 bits per heavy atom. The molecular formula is C14H15NO2S. The van der Waals surface area contributed by atoms with Gasteiger partial charge in [0.15, 0.2) is 0 Å². The van der Waals surface area contributed by atoms with Crippen molar-refractivity contribution in [2.75, 3.05) is 0 Å². The number of benzene rings is 1. The van der Waals surface area contributed by atoms with Gasteiger partial charge in [-0.05, 0) is 24.5 Å². The number of rotatable bonds is 4. The smallest absolute Gasteiger partial charge is 0.347 e. The normalized spacial score (nSPS) is 10.6. The quantitative estimate of drug-likeness (QED) is 0.918. The van der Waals surface area contributed by atoms with Crippen LogP contribution >= 0.6 is 11.3 Å². The summed E-state index contributed by atoms with van der Waals surface area (Å²) in [7, 11) is 0. The van der Waals surface area contributed by atoms with Crippen molar-refractivity contribution in [2.45, 2.75) is 26.7 Å². The van der Waals surface area contributed by atoms with E-state index < -0.39 is 5.97 Å². The third kappa shape index (κ3) is 2.76. The zero-order chi connectivity index (χ0) is 13.1. The van der Waals surface area contributed by atoms with Gasteiger partial charge < -0.3 is 5.11 Å². The molecule has 0 saturated heterocycles.